The fraction of sp³-hybridized carbons (Fsp3) is 0.581. The van der Waals surface area contributed by atoms with Gasteiger partial charge in [0.25, 0.3) is 0 Å². The van der Waals surface area contributed by atoms with Crippen LogP contribution in [0.5, 0.6) is 0 Å². The second-order valence-electron chi connectivity index (χ2n) is 12.4. The van der Waals surface area contributed by atoms with E-state index in [0.29, 0.717) is 43.6 Å². The molecule has 0 unspecified atom stereocenters. The third kappa shape index (κ3) is 4.80. The van der Waals surface area contributed by atoms with E-state index in [4.69, 9.17) is 19.7 Å². The standard InChI is InChI=1S/C31H38N8O2/c40-28(17-37-11-2-1-3-12-37)38-13-10-25-20(16-38)4-9-27(33-25)35-31-32-15-21-14-26(22-18-41-19-22)34-30(29(21)36-31)39-23-5-6-24(39)8-7-23/h4,9,14-15,22-24H,1-3,5-8,10-13,16-19H2,(H,32,33,35,36). The van der Waals surface area contributed by atoms with E-state index >= 15 is 0 Å². The number of fused-ring (bicyclic) bond motifs is 4. The molecule has 3 aromatic rings. The molecule has 2 bridgehead atoms. The Hall–Kier alpha value is -3.37. The number of hydrogen-bond donors (Lipinski definition) is 1. The minimum atomic E-state index is 0.230. The SMILES string of the molecule is O=C(CN1CCCCC1)N1CCc2nc(Nc3ncc4cc(C5COC5)nc(N5C6CCC5CC6)c4n3)ccc2C1. The summed E-state index contributed by atoms with van der Waals surface area (Å²) in [5.74, 6) is 2.86. The van der Waals surface area contributed by atoms with Gasteiger partial charge in [0.15, 0.2) is 5.82 Å². The van der Waals surface area contributed by atoms with E-state index in [1.807, 2.05) is 17.2 Å². The van der Waals surface area contributed by atoms with Crippen molar-refractivity contribution in [3.63, 3.8) is 0 Å². The Labute approximate surface area is 240 Å². The van der Waals surface area contributed by atoms with Crippen molar-refractivity contribution in [2.75, 3.05) is 49.6 Å². The Kier molecular flexibility index (Phi) is 6.48. The molecule has 214 valence electrons. The maximum atomic E-state index is 13.0. The van der Waals surface area contributed by atoms with Crippen LogP contribution in [0, 0.1) is 0 Å². The average molecular weight is 555 g/mol. The average Bonchev–Trinajstić information content (AvgIpc) is 3.57. The number of nitrogens with one attached hydrogen (secondary N) is 1. The van der Waals surface area contributed by atoms with Crippen molar-refractivity contribution < 1.29 is 9.53 Å². The minimum absolute atomic E-state index is 0.230. The van der Waals surface area contributed by atoms with Crippen LogP contribution >= 0.6 is 0 Å². The molecule has 8 rings (SSSR count). The lowest BCUT2D eigenvalue weighted by atomic mass is 10.0. The fourth-order valence-electron chi connectivity index (χ4n) is 7.38. The van der Waals surface area contributed by atoms with Gasteiger partial charge in [0.05, 0.1) is 25.5 Å². The Bertz CT molecular complexity index is 1450. The summed E-state index contributed by atoms with van der Waals surface area (Å²) >= 11 is 0. The number of nitrogens with zero attached hydrogens (tertiary/aromatic N) is 7. The second kappa shape index (κ2) is 10.5. The lowest BCUT2D eigenvalue weighted by Gasteiger charge is -2.32. The van der Waals surface area contributed by atoms with Crippen molar-refractivity contribution in [1.82, 2.24) is 29.7 Å². The number of carbonyl (C=O) groups is 1. The van der Waals surface area contributed by atoms with Crippen LogP contribution in [0.25, 0.3) is 10.9 Å². The number of piperidine rings is 1. The van der Waals surface area contributed by atoms with Gasteiger partial charge in [-0.05, 0) is 69.3 Å². The van der Waals surface area contributed by atoms with Gasteiger partial charge in [-0.25, -0.2) is 19.9 Å². The lowest BCUT2D eigenvalue weighted by molar-refractivity contribution is -0.133. The van der Waals surface area contributed by atoms with Crippen molar-refractivity contribution >= 4 is 34.4 Å². The Balaban J connectivity index is 1.02. The van der Waals surface area contributed by atoms with Crippen molar-refractivity contribution in [1.29, 1.82) is 0 Å². The number of aromatic nitrogens is 4. The molecule has 41 heavy (non-hydrogen) atoms. The van der Waals surface area contributed by atoms with Crippen LogP contribution in [-0.2, 0) is 22.5 Å². The summed E-state index contributed by atoms with van der Waals surface area (Å²) in [5, 5.41) is 4.39. The first kappa shape index (κ1) is 25.3. The van der Waals surface area contributed by atoms with E-state index in [-0.39, 0.29) is 5.91 Å². The molecule has 0 spiro atoms. The zero-order valence-electron chi connectivity index (χ0n) is 23.6. The molecule has 0 saturated carbocycles. The molecule has 10 heteroatoms. The Morgan fingerprint density at radius 2 is 1.78 bits per heavy atom. The van der Waals surface area contributed by atoms with E-state index in [2.05, 4.69) is 32.2 Å². The quantitative estimate of drug-likeness (QED) is 0.488. The van der Waals surface area contributed by atoms with E-state index in [0.717, 1.165) is 72.2 Å². The maximum absolute atomic E-state index is 13.0. The molecule has 0 aromatic carbocycles. The number of carbonyl (C=O) groups excluding carboxylic acids is 1. The zero-order chi connectivity index (χ0) is 27.3. The molecule has 0 radical (unpaired) electrons. The second-order valence-corrected chi connectivity index (χ2v) is 12.4. The van der Waals surface area contributed by atoms with Crippen molar-refractivity contribution in [2.45, 2.75) is 75.9 Å². The van der Waals surface area contributed by atoms with Gasteiger partial charge in [-0.15, -0.1) is 0 Å². The first-order valence-electron chi connectivity index (χ1n) is 15.5. The van der Waals surface area contributed by atoms with Crippen molar-refractivity contribution in [3.8, 4) is 0 Å². The Morgan fingerprint density at radius 1 is 0.976 bits per heavy atom. The van der Waals surface area contributed by atoms with Crippen LogP contribution in [-0.4, -0.2) is 87.1 Å². The largest absolute Gasteiger partial charge is 0.380 e. The summed E-state index contributed by atoms with van der Waals surface area (Å²) in [6.07, 6.45) is 11.3. The van der Waals surface area contributed by atoms with Crippen molar-refractivity contribution in [2.24, 2.45) is 0 Å². The highest BCUT2D eigenvalue weighted by atomic mass is 16.5. The first-order valence-corrected chi connectivity index (χ1v) is 15.5. The highest BCUT2D eigenvalue weighted by molar-refractivity contribution is 5.90. The van der Waals surface area contributed by atoms with Crippen molar-refractivity contribution in [3.05, 3.63) is 41.3 Å². The van der Waals surface area contributed by atoms with Gasteiger partial charge in [0.2, 0.25) is 11.9 Å². The maximum Gasteiger partial charge on any atom is 0.237 e. The van der Waals surface area contributed by atoms with Gasteiger partial charge < -0.3 is 19.9 Å². The number of pyridine rings is 2. The third-order valence-corrected chi connectivity index (χ3v) is 9.77. The van der Waals surface area contributed by atoms with Crippen LogP contribution in [0.1, 0.15) is 67.8 Å². The normalized spacial score (nSPS) is 24.5. The van der Waals surface area contributed by atoms with Crippen LogP contribution < -0.4 is 10.2 Å². The molecule has 0 atom stereocenters. The molecular weight excluding hydrogens is 516 g/mol. The summed E-state index contributed by atoms with van der Waals surface area (Å²) in [4.78, 5) is 39.6. The van der Waals surface area contributed by atoms with Crippen LogP contribution in [0.3, 0.4) is 0 Å². The molecule has 5 aliphatic rings. The first-order chi connectivity index (χ1) is 20.2. The highest BCUT2D eigenvalue weighted by Crippen LogP contribution is 2.43. The van der Waals surface area contributed by atoms with E-state index in [1.54, 1.807) is 0 Å². The van der Waals surface area contributed by atoms with E-state index < -0.39 is 0 Å². The zero-order valence-corrected chi connectivity index (χ0v) is 23.6. The van der Waals surface area contributed by atoms with Crippen LogP contribution in [0.4, 0.5) is 17.6 Å². The number of anilines is 3. The third-order valence-electron chi connectivity index (χ3n) is 9.77. The highest BCUT2D eigenvalue weighted by Gasteiger charge is 2.41. The topological polar surface area (TPSA) is 99.6 Å². The Morgan fingerprint density at radius 3 is 2.54 bits per heavy atom. The van der Waals surface area contributed by atoms with Crippen LogP contribution in [0.15, 0.2) is 24.4 Å². The monoisotopic (exact) mass is 554 g/mol. The van der Waals surface area contributed by atoms with E-state index in [9.17, 15) is 4.79 Å². The van der Waals surface area contributed by atoms with Gasteiger partial charge in [0, 0.05) is 54.8 Å². The number of likely N-dealkylation sites (tertiary alicyclic amines) is 1. The minimum Gasteiger partial charge on any atom is -0.380 e. The molecule has 1 amide bonds. The summed E-state index contributed by atoms with van der Waals surface area (Å²) in [6, 6.07) is 7.33. The molecule has 3 aromatic heterocycles. The van der Waals surface area contributed by atoms with Gasteiger partial charge in [0.1, 0.15) is 11.3 Å². The predicted molar refractivity (Wildman–Crippen MR) is 156 cm³/mol. The molecule has 0 aliphatic carbocycles. The van der Waals surface area contributed by atoms with Gasteiger partial charge in [-0.2, -0.15) is 0 Å². The molecule has 8 heterocycles. The van der Waals surface area contributed by atoms with Gasteiger partial charge >= 0.3 is 0 Å². The molecule has 5 aliphatic heterocycles. The fourth-order valence-corrected chi connectivity index (χ4v) is 7.38. The number of ether oxygens (including phenoxy) is 1. The van der Waals surface area contributed by atoms with Gasteiger partial charge in [-0.3, -0.25) is 9.69 Å². The number of amides is 1. The lowest BCUT2D eigenvalue weighted by Crippen LogP contribution is -2.44. The summed E-state index contributed by atoms with van der Waals surface area (Å²) in [6.45, 7) is 5.42. The number of hydrogen-bond acceptors (Lipinski definition) is 9. The molecule has 10 nitrogen and oxygen atoms in total. The number of rotatable bonds is 6. The molecule has 4 fully saturated rings. The van der Waals surface area contributed by atoms with Gasteiger partial charge in [-0.1, -0.05) is 12.5 Å². The summed E-state index contributed by atoms with van der Waals surface area (Å²) in [5.41, 5.74) is 4.16. The summed E-state index contributed by atoms with van der Waals surface area (Å²) in [7, 11) is 0. The van der Waals surface area contributed by atoms with Crippen LogP contribution in [0.2, 0.25) is 0 Å². The smallest absolute Gasteiger partial charge is 0.237 e. The molecule has 1 N–H and O–H groups in total. The van der Waals surface area contributed by atoms with E-state index in [1.165, 1.54) is 44.9 Å². The molecule has 4 saturated heterocycles. The predicted octanol–water partition coefficient (Wildman–Crippen LogP) is 3.78. The summed E-state index contributed by atoms with van der Waals surface area (Å²) < 4.78 is 5.47. The molecular formula is C31H38N8O2.